The van der Waals surface area contributed by atoms with Gasteiger partial charge in [-0.2, -0.15) is 0 Å². The van der Waals surface area contributed by atoms with Gasteiger partial charge < -0.3 is 4.90 Å². The molecule has 0 spiro atoms. The summed E-state index contributed by atoms with van der Waals surface area (Å²) in [5.74, 6) is -0.0727. The van der Waals surface area contributed by atoms with Crippen molar-refractivity contribution in [2.75, 3.05) is 17.8 Å². The highest BCUT2D eigenvalue weighted by molar-refractivity contribution is 7.92. The molecule has 2 aromatic carbocycles. The number of likely N-dealkylation sites (tertiary alicyclic amines) is 1. The predicted octanol–water partition coefficient (Wildman–Crippen LogP) is 2.94. The monoisotopic (exact) mass is 389 g/mol. The third-order valence-electron chi connectivity index (χ3n) is 4.45. The maximum atomic E-state index is 12.6. The zero-order valence-corrected chi connectivity index (χ0v) is 15.5. The van der Waals surface area contributed by atoms with Gasteiger partial charge in [0.2, 0.25) is 0 Å². The highest BCUT2D eigenvalue weighted by Crippen LogP contribution is 2.24. The molecule has 0 unspecified atom stereocenters. The Balaban J connectivity index is 1.81. The van der Waals surface area contributed by atoms with Gasteiger partial charge in [0.15, 0.2) is 0 Å². The lowest BCUT2D eigenvalue weighted by molar-refractivity contribution is -0.385. The minimum Gasteiger partial charge on any atom is -0.339 e. The zero-order valence-electron chi connectivity index (χ0n) is 14.7. The average molecular weight is 389 g/mol. The van der Waals surface area contributed by atoms with Crippen LogP contribution >= 0.6 is 0 Å². The van der Waals surface area contributed by atoms with Gasteiger partial charge in [0.05, 0.1) is 9.82 Å². The first-order chi connectivity index (χ1) is 12.8. The van der Waals surface area contributed by atoms with Crippen molar-refractivity contribution in [1.82, 2.24) is 4.90 Å². The number of nitro benzene ring substituents is 1. The molecule has 0 atom stereocenters. The molecule has 27 heavy (non-hydrogen) atoms. The summed E-state index contributed by atoms with van der Waals surface area (Å²) in [7, 11) is -4.00. The molecule has 0 saturated carbocycles. The first-order valence-electron chi connectivity index (χ1n) is 8.45. The van der Waals surface area contributed by atoms with Gasteiger partial charge in [-0.3, -0.25) is 19.6 Å². The topological polar surface area (TPSA) is 110 Å². The number of benzene rings is 2. The number of anilines is 1. The van der Waals surface area contributed by atoms with E-state index in [2.05, 4.69) is 4.72 Å². The fourth-order valence-electron chi connectivity index (χ4n) is 2.99. The lowest BCUT2D eigenvalue weighted by Gasteiger charge is -2.15. The number of amides is 1. The Morgan fingerprint density at radius 2 is 1.74 bits per heavy atom. The molecule has 142 valence electrons. The van der Waals surface area contributed by atoms with Crippen LogP contribution in [0.15, 0.2) is 47.4 Å². The van der Waals surface area contributed by atoms with E-state index < -0.39 is 14.9 Å². The molecule has 1 heterocycles. The van der Waals surface area contributed by atoms with Crippen LogP contribution in [0.5, 0.6) is 0 Å². The minimum absolute atomic E-state index is 0.0727. The second-order valence-corrected chi connectivity index (χ2v) is 8.04. The number of hydrogen-bond acceptors (Lipinski definition) is 5. The zero-order chi connectivity index (χ0) is 19.6. The fourth-order valence-corrected chi connectivity index (χ4v) is 4.31. The van der Waals surface area contributed by atoms with Crippen LogP contribution in [0.25, 0.3) is 0 Å². The maximum absolute atomic E-state index is 12.6. The van der Waals surface area contributed by atoms with E-state index in [1.165, 1.54) is 24.3 Å². The first kappa shape index (κ1) is 18.8. The van der Waals surface area contributed by atoms with Crippen molar-refractivity contribution in [1.29, 1.82) is 0 Å². The third-order valence-corrected chi connectivity index (χ3v) is 5.97. The van der Waals surface area contributed by atoms with Crippen LogP contribution in [-0.2, 0) is 10.0 Å². The number of sulfonamides is 1. The number of rotatable bonds is 5. The lowest BCUT2D eigenvalue weighted by Crippen LogP contribution is -2.27. The van der Waals surface area contributed by atoms with E-state index in [0.717, 1.165) is 32.0 Å². The van der Waals surface area contributed by atoms with Crippen LogP contribution in [0.1, 0.15) is 28.8 Å². The maximum Gasteiger partial charge on any atom is 0.270 e. The van der Waals surface area contributed by atoms with Crippen LogP contribution in [0.3, 0.4) is 0 Å². The van der Waals surface area contributed by atoms with Crippen molar-refractivity contribution in [2.24, 2.45) is 0 Å². The molecule has 0 bridgehead atoms. The molecule has 0 aliphatic carbocycles. The summed E-state index contributed by atoms with van der Waals surface area (Å²) in [5.41, 5.74) is 0.867. The second kappa shape index (κ2) is 7.36. The summed E-state index contributed by atoms with van der Waals surface area (Å²) in [6, 6.07) is 9.83. The Morgan fingerprint density at radius 3 is 2.33 bits per heavy atom. The van der Waals surface area contributed by atoms with Crippen molar-refractivity contribution in [3.63, 3.8) is 0 Å². The van der Waals surface area contributed by atoms with Gasteiger partial charge in [-0.25, -0.2) is 8.42 Å². The van der Waals surface area contributed by atoms with Gasteiger partial charge in [0.25, 0.3) is 21.6 Å². The number of nitrogens with zero attached hydrogens (tertiary/aromatic N) is 2. The molecule has 0 radical (unpaired) electrons. The quantitative estimate of drug-likeness (QED) is 0.624. The van der Waals surface area contributed by atoms with Crippen LogP contribution in [0.2, 0.25) is 0 Å². The molecule has 1 saturated heterocycles. The summed E-state index contributed by atoms with van der Waals surface area (Å²) in [6.45, 7) is 3.04. The van der Waals surface area contributed by atoms with Crippen LogP contribution in [-0.4, -0.2) is 37.2 Å². The number of nitrogens with one attached hydrogen (secondary N) is 1. The molecule has 1 aliphatic rings. The van der Waals surface area contributed by atoms with Crippen molar-refractivity contribution in [3.8, 4) is 0 Å². The highest BCUT2D eigenvalue weighted by atomic mass is 32.2. The van der Waals surface area contributed by atoms with Gasteiger partial charge in [0, 0.05) is 36.5 Å². The van der Waals surface area contributed by atoms with E-state index >= 15 is 0 Å². The van der Waals surface area contributed by atoms with Crippen LogP contribution in [0, 0.1) is 17.0 Å². The molecule has 0 aromatic heterocycles. The number of hydrogen-bond donors (Lipinski definition) is 1. The van der Waals surface area contributed by atoms with Gasteiger partial charge in [0.1, 0.15) is 0 Å². The molecule has 1 amide bonds. The molecule has 1 fully saturated rings. The van der Waals surface area contributed by atoms with E-state index in [1.807, 2.05) is 0 Å². The first-order valence-corrected chi connectivity index (χ1v) is 9.93. The van der Waals surface area contributed by atoms with E-state index in [9.17, 15) is 23.3 Å². The molecular formula is C18H19N3O5S. The number of aryl methyl sites for hydroxylation is 1. The molecular weight excluding hydrogens is 370 g/mol. The minimum atomic E-state index is -4.00. The summed E-state index contributed by atoms with van der Waals surface area (Å²) >= 11 is 0. The lowest BCUT2D eigenvalue weighted by atomic mass is 10.2. The SMILES string of the molecule is Cc1ccc([N+](=O)[O-])cc1S(=O)(=O)Nc1ccc(C(=O)N2CCCC2)cc1. The Morgan fingerprint density at radius 1 is 1.11 bits per heavy atom. The summed E-state index contributed by atoms with van der Waals surface area (Å²) in [4.78, 5) is 24.2. The molecule has 2 aromatic rings. The Hall–Kier alpha value is -2.94. The summed E-state index contributed by atoms with van der Waals surface area (Å²) < 4.78 is 27.6. The summed E-state index contributed by atoms with van der Waals surface area (Å²) in [5, 5.41) is 10.9. The fraction of sp³-hybridized carbons (Fsp3) is 0.278. The molecule has 8 nitrogen and oxygen atoms in total. The molecule has 1 aliphatic heterocycles. The largest absolute Gasteiger partial charge is 0.339 e. The van der Waals surface area contributed by atoms with Crippen molar-refractivity contribution < 1.29 is 18.1 Å². The van der Waals surface area contributed by atoms with Crippen molar-refractivity contribution >= 4 is 27.3 Å². The van der Waals surface area contributed by atoms with E-state index in [-0.39, 0.29) is 22.2 Å². The summed E-state index contributed by atoms with van der Waals surface area (Å²) in [6.07, 6.45) is 1.98. The van der Waals surface area contributed by atoms with E-state index in [4.69, 9.17) is 0 Å². The highest BCUT2D eigenvalue weighted by Gasteiger charge is 2.22. The average Bonchev–Trinajstić information content (AvgIpc) is 3.16. The molecule has 1 N–H and O–H groups in total. The number of carbonyl (C=O) groups excluding carboxylic acids is 1. The third kappa shape index (κ3) is 4.08. The van der Waals surface area contributed by atoms with Crippen LogP contribution in [0.4, 0.5) is 11.4 Å². The molecule has 9 heteroatoms. The van der Waals surface area contributed by atoms with Crippen LogP contribution < -0.4 is 4.72 Å². The number of nitro groups is 1. The van der Waals surface area contributed by atoms with Gasteiger partial charge >= 0.3 is 0 Å². The van der Waals surface area contributed by atoms with E-state index in [0.29, 0.717) is 11.1 Å². The smallest absolute Gasteiger partial charge is 0.270 e. The van der Waals surface area contributed by atoms with Crippen molar-refractivity contribution in [2.45, 2.75) is 24.7 Å². The Labute approximate surface area is 157 Å². The molecule has 3 rings (SSSR count). The van der Waals surface area contributed by atoms with E-state index in [1.54, 1.807) is 24.0 Å². The van der Waals surface area contributed by atoms with Gasteiger partial charge in [-0.15, -0.1) is 0 Å². The predicted molar refractivity (Wildman–Crippen MR) is 100 cm³/mol. The number of carbonyl (C=O) groups is 1. The Bertz CT molecular complexity index is 981. The van der Waals surface area contributed by atoms with Crippen molar-refractivity contribution in [3.05, 3.63) is 63.7 Å². The standard InChI is InChI=1S/C18H19N3O5S/c1-13-4-9-16(21(23)24)12-17(13)27(25,26)19-15-7-5-14(6-8-15)18(22)20-10-2-3-11-20/h4-9,12,19H,2-3,10-11H2,1H3. The second-order valence-electron chi connectivity index (χ2n) is 6.39. The van der Waals surface area contributed by atoms with Gasteiger partial charge in [-0.05, 0) is 49.6 Å². The normalized spacial score (nSPS) is 14.2. The number of non-ortho nitro benzene ring substituents is 1. The van der Waals surface area contributed by atoms with Gasteiger partial charge in [-0.1, -0.05) is 6.07 Å². The Kier molecular flexibility index (Phi) is 5.13.